The van der Waals surface area contributed by atoms with E-state index in [1.165, 1.54) is 12.1 Å². The first kappa shape index (κ1) is 11.6. The number of nitro benzene ring substituents is 1. The van der Waals surface area contributed by atoms with Crippen LogP contribution in [-0.2, 0) is 6.54 Å². The molecular formula is C12H10N4O3. The molecule has 0 fully saturated rings. The number of hydroxylamine groups is 1. The lowest BCUT2D eigenvalue weighted by molar-refractivity contribution is -0.790. The van der Waals surface area contributed by atoms with Crippen molar-refractivity contribution in [3.8, 4) is 0 Å². The molecule has 0 saturated carbocycles. The molecule has 1 aromatic carbocycles. The van der Waals surface area contributed by atoms with Crippen LogP contribution in [-0.4, -0.2) is 9.91 Å². The highest BCUT2D eigenvalue weighted by Crippen LogP contribution is 2.29. The second-order valence-electron chi connectivity index (χ2n) is 4.22. The van der Waals surface area contributed by atoms with Crippen LogP contribution in [0.4, 0.5) is 22.9 Å². The molecule has 1 unspecified atom stereocenters. The van der Waals surface area contributed by atoms with Crippen molar-refractivity contribution < 1.29 is 9.99 Å². The van der Waals surface area contributed by atoms with Gasteiger partial charge in [0.1, 0.15) is 6.54 Å². The van der Waals surface area contributed by atoms with Gasteiger partial charge in [-0.2, -0.15) is 0 Å². The number of fused-ring (bicyclic) bond motifs is 2. The monoisotopic (exact) mass is 258 g/mol. The molecule has 7 nitrogen and oxygen atoms in total. The van der Waals surface area contributed by atoms with Crippen LogP contribution in [0.3, 0.4) is 0 Å². The summed E-state index contributed by atoms with van der Waals surface area (Å²) < 4.78 is 0. The molecular weight excluding hydrogens is 248 g/mol. The molecule has 0 saturated heterocycles. The van der Waals surface area contributed by atoms with Crippen molar-refractivity contribution in [1.29, 1.82) is 0 Å². The van der Waals surface area contributed by atoms with Gasteiger partial charge in [0.2, 0.25) is 0 Å². The number of nitrogens with one attached hydrogen (secondary N) is 2. The summed E-state index contributed by atoms with van der Waals surface area (Å²) in [5.41, 5.74) is 1.77. The summed E-state index contributed by atoms with van der Waals surface area (Å²) in [6.45, 7) is 0.207. The molecule has 19 heavy (non-hydrogen) atoms. The summed E-state index contributed by atoms with van der Waals surface area (Å²) in [6, 6.07) is 7.81. The molecule has 1 aliphatic heterocycles. The number of nitro groups is 1. The van der Waals surface area contributed by atoms with Gasteiger partial charge in [-0.3, -0.25) is 10.1 Å². The minimum Gasteiger partial charge on any atom is -0.629 e. The van der Waals surface area contributed by atoms with E-state index in [0.29, 0.717) is 17.2 Å². The summed E-state index contributed by atoms with van der Waals surface area (Å²) in [6.07, 6.45) is 1.57. The molecule has 1 aliphatic rings. The number of pyridine rings is 1. The Kier molecular flexibility index (Phi) is 2.62. The Bertz CT molecular complexity index is 659. The molecule has 3 rings (SSSR count). The zero-order valence-electron chi connectivity index (χ0n) is 9.79. The van der Waals surface area contributed by atoms with E-state index in [-0.39, 0.29) is 17.3 Å². The van der Waals surface area contributed by atoms with Crippen LogP contribution < -0.4 is 10.4 Å². The average Bonchev–Trinajstić information content (AvgIpc) is 2.54. The van der Waals surface area contributed by atoms with Gasteiger partial charge >= 0.3 is 0 Å². The van der Waals surface area contributed by atoms with E-state index in [2.05, 4.69) is 10.3 Å². The predicted octanol–water partition coefficient (Wildman–Crippen LogP) is 1.26. The normalized spacial score (nSPS) is 16.8. The van der Waals surface area contributed by atoms with Crippen LogP contribution >= 0.6 is 0 Å². The summed E-state index contributed by atoms with van der Waals surface area (Å²) in [4.78, 5) is 14.4. The van der Waals surface area contributed by atoms with E-state index in [1.54, 1.807) is 24.4 Å². The maximum absolute atomic E-state index is 12.1. The van der Waals surface area contributed by atoms with Gasteiger partial charge in [-0.05, 0) is 12.1 Å². The first-order valence-corrected chi connectivity index (χ1v) is 5.68. The number of benzene rings is 1. The lowest BCUT2D eigenvalue weighted by atomic mass is 10.1. The minimum atomic E-state index is -0.464. The quantitative estimate of drug-likeness (QED) is 0.456. The first-order chi connectivity index (χ1) is 9.15. The Morgan fingerprint density at radius 3 is 3.00 bits per heavy atom. The molecule has 0 spiro atoms. The van der Waals surface area contributed by atoms with Crippen LogP contribution in [0.25, 0.3) is 0 Å². The molecule has 2 aromatic rings. The number of rotatable bonds is 1. The molecule has 0 aliphatic carbocycles. The zero-order valence-corrected chi connectivity index (χ0v) is 9.79. The number of non-ortho nitro benzene ring substituents is 1. The first-order valence-electron chi connectivity index (χ1n) is 5.68. The molecule has 0 bridgehead atoms. The number of hydrogen-bond donors (Lipinski definition) is 2. The van der Waals surface area contributed by atoms with Gasteiger partial charge in [0.05, 0.1) is 10.6 Å². The number of anilines is 2. The Morgan fingerprint density at radius 1 is 1.37 bits per heavy atom. The lowest BCUT2D eigenvalue weighted by Gasteiger charge is -2.20. The highest BCUT2D eigenvalue weighted by Gasteiger charge is 2.21. The van der Waals surface area contributed by atoms with E-state index in [4.69, 9.17) is 0 Å². The maximum atomic E-state index is 12.1. The minimum absolute atomic E-state index is 0.0157. The second kappa shape index (κ2) is 4.30. The number of nitrogens with zero attached hydrogens (tertiary/aromatic N) is 2. The summed E-state index contributed by atoms with van der Waals surface area (Å²) >= 11 is 0. The van der Waals surface area contributed by atoms with Gasteiger partial charge in [0, 0.05) is 30.0 Å². The third-order valence-corrected chi connectivity index (χ3v) is 3.02. The molecule has 96 valence electrons. The Labute approximate surface area is 108 Å². The molecule has 0 radical (unpaired) electrons. The van der Waals surface area contributed by atoms with Crippen molar-refractivity contribution in [3.63, 3.8) is 0 Å². The zero-order chi connectivity index (χ0) is 13.4. The topological polar surface area (TPSA) is 95.6 Å². The lowest BCUT2D eigenvalue weighted by Crippen LogP contribution is -3.00. The SMILES string of the molecule is O=[N+]([O-])c1ccc2c(c1)Nc1ncccc1[NH+]([O-])C2. The molecule has 7 heteroatoms. The van der Waals surface area contributed by atoms with Crippen LogP contribution in [0, 0.1) is 15.3 Å². The van der Waals surface area contributed by atoms with Crippen LogP contribution in [0.2, 0.25) is 0 Å². The van der Waals surface area contributed by atoms with E-state index >= 15 is 0 Å². The average molecular weight is 258 g/mol. The number of quaternary nitrogens is 1. The fraction of sp³-hybridized carbons (Fsp3) is 0.0833. The smallest absolute Gasteiger partial charge is 0.271 e. The van der Waals surface area contributed by atoms with Crippen LogP contribution in [0.5, 0.6) is 0 Å². The molecule has 1 atom stereocenters. The Balaban J connectivity index is 2.11. The standard InChI is InChI=1S/C12H10N4O3/c17-15-7-8-3-4-9(16(18)19)6-10(8)14-12-11(15)2-1-5-13-12/h1-6,15H,7H2,(H,13,14). The van der Waals surface area contributed by atoms with Gasteiger partial charge in [0.25, 0.3) is 5.69 Å². The van der Waals surface area contributed by atoms with Gasteiger partial charge < -0.3 is 15.6 Å². The van der Waals surface area contributed by atoms with E-state index in [1.807, 2.05) is 0 Å². The molecule has 0 amide bonds. The van der Waals surface area contributed by atoms with E-state index in [0.717, 1.165) is 5.56 Å². The van der Waals surface area contributed by atoms with Crippen molar-refractivity contribution in [3.05, 3.63) is 57.4 Å². The molecule has 1 aromatic heterocycles. The Hall–Kier alpha value is -2.51. The van der Waals surface area contributed by atoms with Crippen molar-refractivity contribution in [2.45, 2.75) is 6.54 Å². The van der Waals surface area contributed by atoms with Gasteiger partial charge in [-0.25, -0.2) is 4.98 Å². The molecule has 2 heterocycles. The fourth-order valence-corrected chi connectivity index (χ4v) is 2.07. The number of aromatic nitrogens is 1. The fourth-order valence-electron chi connectivity index (χ4n) is 2.07. The maximum Gasteiger partial charge on any atom is 0.271 e. The van der Waals surface area contributed by atoms with E-state index < -0.39 is 4.92 Å². The summed E-state index contributed by atoms with van der Waals surface area (Å²) in [5, 5.41) is 25.8. The van der Waals surface area contributed by atoms with Crippen molar-refractivity contribution in [1.82, 2.24) is 4.98 Å². The summed E-state index contributed by atoms with van der Waals surface area (Å²) in [7, 11) is 0. The van der Waals surface area contributed by atoms with Gasteiger partial charge in [-0.1, -0.05) is 0 Å². The van der Waals surface area contributed by atoms with Crippen LogP contribution in [0.15, 0.2) is 36.5 Å². The third-order valence-electron chi connectivity index (χ3n) is 3.02. The van der Waals surface area contributed by atoms with Gasteiger partial charge in [-0.15, -0.1) is 0 Å². The highest BCUT2D eigenvalue weighted by molar-refractivity contribution is 5.70. The largest absolute Gasteiger partial charge is 0.629 e. The van der Waals surface area contributed by atoms with Crippen molar-refractivity contribution in [2.75, 3.05) is 5.32 Å². The Morgan fingerprint density at radius 2 is 2.21 bits per heavy atom. The van der Waals surface area contributed by atoms with E-state index in [9.17, 15) is 15.3 Å². The summed E-state index contributed by atoms with van der Waals surface area (Å²) in [5.74, 6) is 0.437. The number of hydrogen-bond acceptors (Lipinski definition) is 5. The van der Waals surface area contributed by atoms with Crippen molar-refractivity contribution >= 4 is 22.9 Å². The third kappa shape index (κ3) is 2.01. The molecule has 2 N–H and O–H groups in total. The van der Waals surface area contributed by atoms with Crippen LogP contribution in [0.1, 0.15) is 5.56 Å². The second-order valence-corrected chi connectivity index (χ2v) is 4.22. The predicted molar refractivity (Wildman–Crippen MR) is 68.3 cm³/mol. The van der Waals surface area contributed by atoms with Gasteiger partial charge in [0.15, 0.2) is 11.5 Å². The van der Waals surface area contributed by atoms with Crippen molar-refractivity contribution in [2.24, 2.45) is 0 Å². The highest BCUT2D eigenvalue weighted by atomic mass is 16.6.